The number of ether oxygens (including phenoxy) is 3. The molecule has 1 amide bonds. The van der Waals surface area contributed by atoms with E-state index >= 15 is 0 Å². The molecule has 0 unspecified atom stereocenters. The largest absolute Gasteiger partial charge is 0.497 e. The van der Waals surface area contributed by atoms with Gasteiger partial charge in [-0.2, -0.15) is 0 Å². The van der Waals surface area contributed by atoms with Crippen molar-refractivity contribution in [1.29, 1.82) is 0 Å². The minimum absolute atomic E-state index is 0.148. The average molecular weight is 406 g/mol. The lowest BCUT2D eigenvalue weighted by Gasteiger charge is -2.19. The zero-order chi connectivity index (χ0) is 21.3. The first kappa shape index (κ1) is 20.9. The van der Waals surface area contributed by atoms with Gasteiger partial charge in [0.25, 0.3) is 5.91 Å². The minimum atomic E-state index is -1.17. The smallest absolute Gasteiger partial charge is 0.344 e. The van der Waals surface area contributed by atoms with Crippen LogP contribution in [0.15, 0.2) is 72.9 Å². The quantitative estimate of drug-likeness (QED) is 0.569. The molecule has 0 saturated heterocycles. The third-order valence-corrected chi connectivity index (χ3v) is 4.17. The summed E-state index contributed by atoms with van der Waals surface area (Å²) in [6, 6.07) is 18.9. The molecule has 0 aliphatic carbocycles. The number of aromatic nitrogens is 1. The number of rotatable bonds is 8. The van der Waals surface area contributed by atoms with E-state index in [1.807, 2.05) is 6.07 Å². The summed E-state index contributed by atoms with van der Waals surface area (Å²) >= 11 is 0. The van der Waals surface area contributed by atoms with E-state index < -0.39 is 18.0 Å². The van der Waals surface area contributed by atoms with Gasteiger partial charge in [-0.25, -0.2) is 9.78 Å². The van der Waals surface area contributed by atoms with Crippen molar-refractivity contribution < 1.29 is 23.8 Å². The summed E-state index contributed by atoms with van der Waals surface area (Å²) < 4.78 is 16.2. The summed E-state index contributed by atoms with van der Waals surface area (Å²) in [4.78, 5) is 29.9. The standard InChI is InChI=1S/C23H22N2O5/c1-3-29-22-19(13-8-14-24-22)23(27)30-20(16-9-5-4-6-10-16)21(26)25-17-11-7-12-18(15-17)28-2/h4-15,20H,3H2,1-2H3,(H,25,26)/t20-/m0/s1. The molecular formula is C23H22N2O5. The second-order valence-corrected chi connectivity index (χ2v) is 6.21. The van der Waals surface area contributed by atoms with Crippen LogP contribution >= 0.6 is 0 Å². The van der Waals surface area contributed by atoms with E-state index in [4.69, 9.17) is 14.2 Å². The summed E-state index contributed by atoms with van der Waals surface area (Å²) in [6.07, 6.45) is 0.353. The molecule has 0 radical (unpaired) electrons. The van der Waals surface area contributed by atoms with Crippen molar-refractivity contribution in [3.63, 3.8) is 0 Å². The zero-order valence-corrected chi connectivity index (χ0v) is 16.7. The molecule has 1 atom stereocenters. The van der Waals surface area contributed by atoms with Gasteiger partial charge in [0, 0.05) is 23.5 Å². The van der Waals surface area contributed by atoms with Crippen molar-refractivity contribution in [3.05, 3.63) is 84.1 Å². The predicted octanol–water partition coefficient (Wildman–Crippen LogP) is 4.03. The number of methoxy groups -OCH3 is 1. The number of esters is 1. The van der Waals surface area contributed by atoms with E-state index in [2.05, 4.69) is 10.3 Å². The van der Waals surface area contributed by atoms with E-state index in [1.165, 1.54) is 6.20 Å². The monoisotopic (exact) mass is 406 g/mol. The van der Waals surface area contributed by atoms with Crippen molar-refractivity contribution in [2.75, 3.05) is 19.0 Å². The molecule has 7 nitrogen and oxygen atoms in total. The Kier molecular flexibility index (Phi) is 7.00. The number of hydrogen-bond donors (Lipinski definition) is 1. The van der Waals surface area contributed by atoms with Crippen molar-refractivity contribution in [3.8, 4) is 11.6 Å². The Bertz CT molecular complexity index is 1010. The number of hydrogen-bond acceptors (Lipinski definition) is 6. The van der Waals surface area contributed by atoms with Gasteiger partial charge in [0.2, 0.25) is 12.0 Å². The molecule has 154 valence electrons. The van der Waals surface area contributed by atoms with Crippen LogP contribution in [-0.2, 0) is 9.53 Å². The van der Waals surface area contributed by atoms with Crippen molar-refractivity contribution >= 4 is 17.6 Å². The van der Waals surface area contributed by atoms with Gasteiger partial charge in [-0.05, 0) is 31.2 Å². The maximum absolute atomic E-state index is 13.0. The Labute approximate surface area is 174 Å². The molecule has 7 heteroatoms. The number of nitrogens with zero attached hydrogens (tertiary/aromatic N) is 1. The summed E-state index contributed by atoms with van der Waals surface area (Å²) in [5.74, 6) is -0.450. The third-order valence-electron chi connectivity index (χ3n) is 4.17. The predicted molar refractivity (Wildman–Crippen MR) is 112 cm³/mol. The van der Waals surface area contributed by atoms with Gasteiger partial charge in [-0.1, -0.05) is 36.4 Å². The Morgan fingerprint density at radius 2 is 1.83 bits per heavy atom. The maximum atomic E-state index is 13.0. The van der Waals surface area contributed by atoms with Crippen LogP contribution in [0.1, 0.15) is 28.9 Å². The molecule has 0 fully saturated rings. The van der Waals surface area contributed by atoms with E-state index in [0.717, 1.165) is 0 Å². The van der Waals surface area contributed by atoms with Crippen LogP contribution in [0.2, 0.25) is 0 Å². The molecule has 0 aliphatic heterocycles. The van der Waals surface area contributed by atoms with Gasteiger partial charge >= 0.3 is 5.97 Å². The number of carbonyl (C=O) groups is 2. The summed E-state index contributed by atoms with van der Waals surface area (Å²) in [5.41, 5.74) is 1.20. The van der Waals surface area contributed by atoms with Crippen LogP contribution in [-0.4, -0.2) is 30.6 Å². The van der Waals surface area contributed by atoms with E-state index in [0.29, 0.717) is 23.6 Å². The second-order valence-electron chi connectivity index (χ2n) is 6.21. The second kappa shape index (κ2) is 10.1. The fraction of sp³-hybridized carbons (Fsp3) is 0.174. The van der Waals surface area contributed by atoms with E-state index in [1.54, 1.807) is 74.7 Å². The Morgan fingerprint density at radius 3 is 2.57 bits per heavy atom. The van der Waals surface area contributed by atoms with Crippen LogP contribution in [0, 0.1) is 0 Å². The molecular weight excluding hydrogens is 384 g/mol. The molecule has 0 bridgehead atoms. The van der Waals surface area contributed by atoms with Crippen molar-refractivity contribution in [1.82, 2.24) is 4.98 Å². The zero-order valence-electron chi connectivity index (χ0n) is 16.7. The highest BCUT2D eigenvalue weighted by Gasteiger charge is 2.27. The number of anilines is 1. The summed E-state index contributed by atoms with van der Waals surface area (Å²) in [6.45, 7) is 2.13. The lowest BCUT2D eigenvalue weighted by Crippen LogP contribution is -2.26. The molecule has 1 aromatic heterocycles. The first-order chi connectivity index (χ1) is 14.6. The third kappa shape index (κ3) is 5.14. The fourth-order valence-corrected chi connectivity index (χ4v) is 2.78. The highest BCUT2D eigenvalue weighted by atomic mass is 16.6. The molecule has 1 heterocycles. The highest BCUT2D eigenvalue weighted by molar-refractivity contribution is 5.98. The van der Waals surface area contributed by atoms with Crippen LogP contribution in [0.3, 0.4) is 0 Å². The van der Waals surface area contributed by atoms with Gasteiger partial charge in [0.1, 0.15) is 11.3 Å². The number of carbonyl (C=O) groups excluding carboxylic acids is 2. The highest BCUT2D eigenvalue weighted by Crippen LogP contribution is 2.25. The molecule has 3 rings (SSSR count). The molecule has 1 N–H and O–H groups in total. The minimum Gasteiger partial charge on any atom is -0.497 e. The van der Waals surface area contributed by atoms with Gasteiger partial charge in [0.05, 0.1) is 13.7 Å². The molecule has 3 aromatic rings. The first-order valence-corrected chi connectivity index (χ1v) is 9.41. The van der Waals surface area contributed by atoms with Crippen LogP contribution in [0.25, 0.3) is 0 Å². The van der Waals surface area contributed by atoms with Crippen LogP contribution in [0.4, 0.5) is 5.69 Å². The van der Waals surface area contributed by atoms with E-state index in [-0.39, 0.29) is 11.4 Å². The number of benzene rings is 2. The van der Waals surface area contributed by atoms with Crippen molar-refractivity contribution in [2.24, 2.45) is 0 Å². The Morgan fingerprint density at radius 1 is 1.03 bits per heavy atom. The average Bonchev–Trinajstić information content (AvgIpc) is 2.78. The molecule has 2 aromatic carbocycles. The fourth-order valence-electron chi connectivity index (χ4n) is 2.78. The first-order valence-electron chi connectivity index (χ1n) is 9.41. The summed E-state index contributed by atoms with van der Waals surface area (Å²) in [7, 11) is 1.54. The number of pyridine rings is 1. The molecule has 0 saturated carbocycles. The van der Waals surface area contributed by atoms with Gasteiger partial charge in [0.15, 0.2) is 0 Å². The van der Waals surface area contributed by atoms with Crippen LogP contribution < -0.4 is 14.8 Å². The molecule has 0 aliphatic rings. The Balaban J connectivity index is 1.86. The maximum Gasteiger partial charge on any atom is 0.344 e. The molecule has 30 heavy (non-hydrogen) atoms. The SMILES string of the molecule is CCOc1ncccc1C(=O)O[C@H](C(=O)Nc1cccc(OC)c1)c1ccccc1. The van der Waals surface area contributed by atoms with Crippen LogP contribution in [0.5, 0.6) is 11.6 Å². The normalized spacial score (nSPS) is 11.3. The topological polar surface area (TPSA) is 86.8 Å². The Hall–Kier alpha value is -3.87. The lowest BCUT2D eigenvalue weighted by atomic mass is 10.1. The van der Waals surface area contributed by atoms with Gasteiger partial charge < -0.3 is 19.5 Å². The number of amides is 1. The number of nitrogens with one attached hydrogen (secondary N) is 1. The van der Waals surface area contributed by atoms with Gasteiger partial charge in [-0.3, -0.25) is 4.79 Å². The molecule has 0 spiro atoms. The van der Waals surface area contributed by atoms with E-state index in [9.17, 15) is 9.59 Å². The lowest BCUT2D eigenvalue weighted by molar-refractivity contribution is -0.125. The van der Waals surface area contributed by atoms with Gasteiger partial charge in [-0.15, -0.1) is 0 Å². The summed E-state index contributed by atoms with van der Waals surface area (Å²) in [5, 5.41) is 2.77. The van der Waals surface area contributed by atoms with Crippen molar-refractivity contribution in [2.45, 2.75) is 13.0 Å².